The Labute approximate surface area is 162 Å². The molecular formula is C21H28N2O3S. The second kappa shape index (κ2) is 8.13. The minimum absolute atomic E-state index is 0.103. The highest BCUT2D eigenvalue weighted by Gasteiger charge is 2.21. The van der Waals surface area contributed by atoms with E-state index in [0.717, 1.165) is 23.8 Å². The first-order valence-electron chi connectivity index (χ1n) is 8.97. The molecule has 2 aromatic carbocycles. The molecule has 0 aromatic heterocycles. The molecule has 2 aromatic rings. The van der Waals surface area contributed by atoms with E-state index in [1.165, 1.54) is 16.9 Å². The molecule has 6 heteroatoms. The van der Waals surface area contributed by atoms with Gasteiger partial charge in [-0.1, -0.05) is 36.8 Å². The van der Waals surface area contributed by atoms with Crippen LogP contribution in [-0.2, 0) is 10.0 Å². The summed E-state index contributed by atoms with van der Waals surface area (Å²) in [5.41, 5.74) is 5.04. The maximum absolute atomic E-state index is 12.9. The molecule has 0 saturated carbocycles. The number of benzene rings is 2. The molecule has 0 fully saturated rings. The first-order chi connectivity index (χ1) is 12.6. The van der Waals surface area contributed by atoms with Gasteiger partial charge >= 0.3 is 0 Å². The Morgan fingerprint density at radius 2 is 1.81 bits per heavy atom. The van der Waals surface area contributed by atoms with E-state index in [2.05, 4.69) is 17.4 Å². The van der Waals surface area contributed by atoms with Crippen LogP contribution in [0.2, 0.25) is 0 Å². The average Bonchev–Trinajstić information content (AvgIpc) is 2.58. The van der Waals surface area contributed by atoms with Crippen molar-refractivity contribution >= 4 is 21.6 Å². The van der Waals surface area contributed by atoms with Gasteiger partial charge in [0.15, 0.2) is 0 Å². The highest BCUT2D eigenvalue weighted by Crippen LogP contribution is 2.26. The van der Waals surface area contributed by atoms with Gasteiger partial charge in [0.05, 0.1) is 18.0 Å². The van der Waals surface area contributed by atoms with Crippen LogP contribution in [0.15, 0.2) is 36.4 Å². The number of sulfonamides is 1. The summed E-state index contributed by atoms with van der Waals surface area (Å²) in [4.78, 5) is 12.9. The Morgan fingerprint density at radius 3 is 2.37 bits per heavy atom. The van der Waals surface area contributed by atoms with Gasteiger partial charge in [0.2, 0.25) is 10.0 Å². The Morgan fingerprint density at radius 1 is 1.15 bits per heavy atom. The minimum Gasteiger partial charge on any atom is -0.345 e. The second-order valence-electron chi connectivity index (χ2n) is 6.97. The number of aryl methyl sites for hydroxylation is 2. The third kappa shape index (κ3) is 4.69. The summed E-state index contributed by atoms with van der Waals surface area (Å²) in [5, 5.41) is 3.10. The molecule has 0 saturated heterocycles. The fourth-order valence-corrected chi connectivity index (χ4v) is 3.80. The Balaban J connectivity index is 2.34. The van der Waals surface area contributed by atoms with E-state index in [4.69, 9.17) is 0 Å². The zero-order chi connectivity index (χ0) is 20.4. The quantitative estimate of drug-likeness (QED) is 0.816. The van der Waals surface area contributed by atoms with Crippen LogP contribution in [0.5, 0.6) is 0 Å². The number of hydrogen-bond donors (Lipinski definition) is 1. The molecule has 1 atom stereocenters. The Hall–Kier alpha value is -2.34. The van der Waals surface area contributed by atoms with Crippen LogP contribution in [0.25, 0.3) is 0 Å². The summed E-state index contributed by atoms with van der Waals surface area (Å²) >= 11 is 0. The SMILES string of the molecule is CC[C@H](NC(=O)c1cccc(N(C)S(C)(=O)=O)c1C)c1ccc(C)cc1C. The molecule has 5 nitrogen and oxygen atoms in total. The lowest BCUT2D eigenvalue weighted by Crippen LogP contribution is -2.30. The lowest BCUT2D eigenvalue weighted by molar-refractivity contribution is 0.0935. The van der Waals surface area contributed by atoms with Gasteiger partial charge in [-0.2, -0.15) is 0 Å². The lowest BCUT2D eigenvalue weighted by Gasteiger charge is -2.23. The van der Waals surface area contributed by atoms with Crippen molar-refractivity contribution < 1.29 is 13.2 Å². The maximum atomic E-state index is 12.9. The minimum atomic E-state index is -3.40. The number of nitrogens with zero attached hydrogens (tertiary/aromatic N) is 1. The van der Waals surface area contributed by atoms with Gasteiger partial charge in [-0.15, -0.1) is 0 Å². The molecule has 2 rings (SSSR count). The van der Waals surface area contributed by atoms with Crippen LogP contribution in [0.3, 0.4) is 0 Å². The molecule has 1 amide bonds. The van der Waals surface area contributed by atoms with Crippen molar-refractivity contribution in [2.75, 3.05) is 17.6 Å². The summed E-state index contributed by atoms with van der Waals surface area (Å²) in [6, 6.07) is 11.2. The van der Waals surface area contributed by atoms with Crippen LogP contribution < -0.4 is 9.62 Å². The Bertz CT molecular complexity index is 952. The van der Waals surface area contributed by atoms with Crippen LogP contribution >= 0.6 is 0 Å². The molecular weight excluding hydrogens is 360 g/mol. The summed E-state index contributed by atoms with van der Waals surface area (Å²) in [6.45, 7) is 7.89. The van der Waals surface area contributed by atoms with Crippen LogP contribution in [-0.4, -0.2) is 27.6 Å². The van der Waals surface area contributed by atoms with E-state index in [9.17, 15) is 13.2 Å². The zero-order valence-corrected chi connectivity index (χ0v) is 17.6. The van der Waals surface area contributed by atoms with Gasteiger partial charge in [0.25, 0.3) is 5.91 Å². The maximum Gasteiger partial charge on any atom is 0.252 e. The summed E-state index contributed by atoms with van der Waals surface area (Å²) in [6.07, 6.45) is 1.91. The number of hydrogen-bond acceptors (Lipinski definition) is 3. The molecule has 0 bridgehead atoms. The van der Waals surface area contributed by atoms with E-state index < -0.39 is 10.0 Å². The van der Waals surface area contributed by atoms with Crippen molar-refractivity contribution in [1.29, 1.82) is 0 Å². The van der Waals surface area contributed by atoms with E-state index in [1.54, 1.807) is 25.1 Å². The molecule has 0 radical (unpaired) electrons. The van der Waals surface area contributed by atoms with Crippen molar-refractivity contribution in [3.8, 4) is 0 Å². The summed E-state index contributed by atoms with van der Waals surface area (Å²) in [7, 11) is -1.91. The van der Waals surface area contributed by atoms with Crippen LogP contribution in [0.4, 0.5) is 5.69 Å². The largest absolute Gasteiger partial charge is 0.345 e. The molecule has 0 heterocycles. The molecule has 0 spiro atoms. The highest BCUT2D eigenvalue weighted by atomic mass is 32.2. The number of carbonyl (C=O) groups excluding carboxylic acids is 1. The number of anilines is 1. The number of nitrogens with one attached hydrogen (secondary N) is 1. The van der Waals surface area contributed by atoms with E-state index in [-0.39, 0.29) is 11.9 Å². The molecule has 0 aliphatic heterocycles. The van der Waals surface area contributed by atoms with Gasteiger partial charge in [-0.25, -0.2) is 8.42 Å². The predicted molar refractivity (Wildman–Crippen MR) is 111 cm³/mol. The zero-order valence-electron chi connectivity index (χ0n) is 16.8. The van der Waals surface area contributed by atoms with Crippen molar-refractivity contribution in [3.63, 3.8) is 0 Å². The smallest absolute Gasteiger partial charge is 0.252 e. The predicted octanol–water partition coefficient (Wildman–Crippen LogP) is 3.89. The van der Waals surface area contributed by atoms with Crippen LogP contribution in [0.1, 0.15) is 52.0 Å². The molecule has 146 valence electrons. The van der Waals surface area contributed by atoms with Crippen molar-refractivity contribution in [3.05, 3.63) is 64.2 Å². The summed E-state index contributed by atoms with van der Waals surface area (Å²) < 4.78 is 24.9. The van der Waals surface area contributed by atoms with Crippen molar-refractivity contribution in [2.45, 2.75) is 40.2 Å². The van der Waals surface area contributed by atoms with Gasteiger partial charge in [0.1, 0.15) is 0 Å². The van der Waals surface area contributed by atoms with Crippen LogP contribution in [0, 0.1) is 20.8 Å². The van der Waals surface area contributed by atoms with Crippen molar-refractivity contribution in [2.24, 2.45) is 0 Å². The molecule has 0 aliphatic carbocycles. The van der Waals surface area contributed by atoms with Gasteiger partial charge in [0, 0.05) is 12.6 Å². The van der Waals surface area contributed by atoms with E-state index >= 15 is 0 Å². The first-order valence-corrected chi connectivity index (χ1v) is 10.8. The fourth-order valence-electron chi connectivity index (χ4n) is 3.24. The van der Waals surface area contributed by atoms with E-state index in [1.807, 2.05) is 26.8 Å². The summed E-state index contributed by atoms with van der Waals surface area (Å²) in [5.74, 6) is -0.205. The number of rotatable bonds is 6. The third-order valence-corrected chi connectivity index (χ3v) is 6.09. The highest BCUT2D eigenvalue weighted by molar-refractivity contribution is 7.92. The second-order valence-corrected chi connectivity index (χ2v) is 8.99. The normalized spacial score (nSPS) is 12.5. The van der Waals surface area contributed by atoms with Gasteiger partial charge < -0.3 is 5.32 Å². The molecule has 27 heavy (non-hydrogen) atoms. The monoisotopic (exact) mass is 388 g/mol. The van der Waals surface area contributed by atoms with Crippen molar-refractivity contribution in [1.82, 2.24) is 5.32 Å². The first kappa shape index (κ1) is 21.0. The molecule has 0 aliphatic rings. The number of amides is 1. The number of carbonyl (C=O) groups is 1. The topological polar surface area (TPSA) is 66.5 Å². The Kier molecular flexibility index (Phi) is 6.31. The average molecular weight is 389 g/mol. The van der Waals surface area contributed by atoms with Gasteiger partial charge in [-0.3, -0.25) is 9.10 Å². The van der Waals surface area contributed by atoms with E-state index in [0.29, 0.717) is 16.8 Å². The lowest BCUT2D eigenvalue weighted by atomic mass is 9.97. The molecule has 1 N–H and O–H groups in total. The fraction of sp³-hybridized carbons (Fsp3) is 0.381. The third-order valence-electron chi connectivity index (χ3n) is 4.90. The molecule has 0 unspecified atom stereocenters. The van der Waals surface area contributed by atoms with Gasteiger partial charge in [-0.05, 0) is 56.0 Å². The standard InChI is InChI=1S/C21H28N2O3S/c1-7-19(17-12-11-14(2)13-15(17)3)22-21(24)18-9-8-10-20(16(18)4)23(5)27(6,25)26/h8-13,19H,7H2,1-6H3,(H,22,24)/t19-/m0/s1.